The van der Waals surface area contributed by atoms with Crippen LogP contribution in [0.4, 0.5) is 11.4 Å². The molecule has 0 fully saturated rings. The Kier molecular flexibility index (Phi) is 6.86. The number of ether oxygens (including phenoxy) is 1. The number of anilines is 2. The highest BCUT2D eigenvalue weighted by Crippen LogP contribution is 2.28. The molecule has 0 radical (unpaired) electrons. The van der Waals surface area contributed by atoms with Gasteiger partial charge in [-0.25, -0.2) is 0 Å². The van der Waals surface area contributed by atoms with E-state index in [0.29, 0.717) is 23.0 Å². The van der Waals surface area contributed by atoms with Gasteiger partial charge in [-0.3, -0.25) is 14.3 Å². The fraction of sp³-hybridized carbons (Fsp3) is 0.172. The van der Waals surface area contributed by atoms with Gasteiger partial charge in [0, 0.05) is 16.4 Å². The molecule has 1 aliphatic heterocycles. The molecule has 190 valence electrons. The van der Waals surface area contributed by atoms with E-state index in [2.05, 4.69) is 10.4 Å². The zero-order chi connectivity index (χ0) is 26.8. The summed E-state index contributed by atoms with van der Waals surface area (Å²) in [6, 6.07) is 22.2. The molecule has 38 heavy (non-hydrogen) atoms. The van der Waals surface area contributed by atoms with Crippen LogP contribution in [-0.4, -0.2) is 34.7 Å². The van der Waals surface area contributed by atoms with Crippen LogP contribution in [-0.2, 0) is 13.0 Å². The molecular formula is C29H24ClN5O3. The average Bonchev–Trinajstić information content (AvgIpc) is 3.35. The summed E-state index contributed by atoms with van der Waals surface area (Å²) in [5, 5.41) is 17.1. The van der Waals surface area contributed by atoms with Gasteiger partial charge in [0.25, 0.3) is 11.8 Å². The summed E-state index contributed by atoms with van der Waals surface area (Å²) in [6.07, 6.45) is 2.15. The Balaban J connectivity index is 1.37. The van der Waals surface area contributed by atoms with Gasteiger partial charge >= 0.3 is 0 Å². The zero-order valence-electron chi connectivity index (χ0n) is 20.8. The summed E-state index contributed by atoms with van der Waals surface area (Å²) in [7, 11) is 1.47. The Labute approximate surface area is 225 Å². The quantitative estimate of drug-likeness (QED) is 0.368. The van der Waals surface area contributed by atoms with E-state index in [-0.39, 0.29) is 28.8 Å². The van der Waals surface area contributed by atoms with E-state index in [0.717, 1.165) is 23.2 Å². The molecule has 2 amide bonds. The number of nitrogens with zero attached hydrogens (tertiary/aromatic N) is 4. The molecular weight excluding hydrogens is 502 g/mol. The monoisotopic (exact) mass is 525 g/mol. The second-order valence-corrected chi connectivity index (χ2v) is 9.50. The van der Waals surface area contributed by atoms with Gasteiger partial charge in [0.05, 0.1) is 37.0 Å². The third-order valence-electron chi connectivity index (χ3n) is 6.50. The van der Waals surface area contributed by atoms with Crippen LogP contribution in [0.3, 0.4) is 0 Å². The summed E-state index contributed by atoms with van der Waals surface area (Å²) in [6.45, 7) is 2.40. The van der Waals surface area contributed by atoms with Crippen molar-refractivity contribution in [3.05, 3.63) is 106 Å². The molecule has 3 aromatic carbocycles. The van der Waals surface area contributed by atoms with Crippen LogP contribution in [0.15, 0.2) is 72.9 Å². The molecule has 0 unspecified atom stereocenters. The molecule has 1 aliphatic rings. The van der Waals surface area contributed by atoms with Crippen LogP contribution in [0.2, 0.25) is 5.02 Å². The molecule has 2 heterocycles. The second kappa shape index (κ2) is 10.4. The van der Waals surface area contributed by atoms with Crippen LogP contribution in [0.25, 0.3) is 0 Å². The van der Waals surface area contributed by atoms with E-state index >= 15 is 0 Å². The fourth-order valence-corrected chi connectivity index (χ4v) is 4.74. The third kappa shape index (κ3) is 4.84. The normalized spacial score (nSPS) is 14.5. The van der Waals surface area contributed by atoms with Crippen molar-refractivity contribution in [3.63, 3.8) is 0 Å². The van der Waals surface area contributed by atoms with Gasteiger partial charge in [-0.1, -0.05) is 35.9 Å². The maximum absolute atomic E-state index is 13.7. The van der Waals surface area contributed by atoms with Gasteiger partial charge in [0.15, 0.2) is 0 Å². The zero-order valence-corrected chi connectivity index (χ0v) is 21.6. The number of nitriles is 1. The molecule has 0 bridgehead atoms. The Hall–Kier alpha value is -4.61. The maximum Gasteiger partial charge on any atom is 0.277 e. The number of carbonyl (C=O) groups is 2. The van der Waals surface area contributed by atoms with E-state index in [1.807, 2.05) is 61.5 Å². The number of nitrogens with one attached hydrogen (secondary N) is 1. The van der Waals surface area contributed by atoms with Crippen LogP contribution < -0.4 is 15.0 Å². The lowest BCUT2D eigenvalue weighted by molar-refractivity contribution is 0.0933. The number of hydrogen-bond acceptors (Lipinski definition) is 5. The molecule has 0 aliphatic carbocycles. The molecule has 0 saturated heterocycles. The van der Waals surface area contributed by atoms with E-state index in [1.54, 1.807) is 21.7 Å². The fourth-order valence-electron chi connectivity index (χ4n) is 4.62. The molecule has 9 heteroatoms. The van der Waals surface area contributed by atoms with Crippen molar-refractivity contribution >= 4 is 34.8 Å². The van der Waals surface area contributed by atoms with Gasteiger partial charge < -0.3 is 15.0 Å². The average molecular weight is 526 g/mol. The Morgan fingerprint density at radius 1 is 1.13 bits per heavy atom. The summed E-state index contributed by atoms with van der Waals surface area (Å²) >= 11 is 5.99. The highest BCUT2D eigenvalue weighted by Gasteiger charge is 2.35. The number of methoxy groups -OCH3 is 1. The minimum Gasteiger partial charge on any atom is -0.495 e. The molecule has 1 atom stereocenters. The topological polar surface area (TPSA) is 100 Å². The SMILES string of the molecule is COc1ccc(NC(=O)c2cnn3c2C(=O)N(c2ccc(Cc4ccc(Cl)cc4)cc2)[C@@H](C)C3)cc1C#N. The largest absolute Gasteiger partial charge is 0.495 e. The van der Waals surface area contributed by atoms with E-state index < -0.39 is 5.91 Å². The van der Waals surface area contributed by atoms with Crippen molar-refractivity contribution in [1.82, 2.24) is 9.78 Å². The highest BCUT2D eigenvalue weighted by atomic mass is 35.5. The van der Waals surface area contributed by atoms with Gasteiger partial charge in [-0.2, -0.15) is 10.4 Å². The van der Waals surface area contributed by atoms with Crippen LogP contribution in [0.1, 0.15) is 44.5 Å². The highest BCUT2D eigenvalue weighted by molar-refractivity contribution is 6.30. The summed E-state index contributed by atoms with van der Waals surface area (Å²) in [4.78, 5) is 28.5. The number of carbonyl (C=O) groups excluding carboxylic acids is 2. The molecule has 8 nitrogen and oxygen atoms in total. The Morgan fingerprint density at radius 2 is 1.82 bits per heavy atom. The van der Waals surface area contributed by atoms with E-state index in [1.165, 1.54) is 19.4 Å². The molecule has 1 N–H and O–H groups in total. The molecule has 0 saturated carbocycles. The predicted octanol–water partition coefficient (Wildman–Crippen LogP) is 5.31. The standard InChI is InChI=1S/C29H24ClN5O3/c1-18-17-34-27(25(16-32-34)28(36)33-23-9-12-26(38-2)21(14-23)15-31)29(37)35(18)24-10-5-20(6-11-24)13-19-3-7-22(30)8-4-19/h3-12,14,16,18H,13,17H2,1-2H3,(H,33,36)/t18-/m0/s1. The minimum absolute atomic E-state index is 0.160. The summed E-state index contributed by atoms with van der Waals surface area (Å²) in [5.41, 5.74) is 4.09. The van der Waals surface area contributed by atoms with Gasteiger partial charge in [0.1, 0.15) is 17.5 Å². The first-order chi connectivity index (χ1) is 18.4. The van der Waals surface area contributed by atoms with Crippen molar-refractivity contribution in [2.75, 3.05) is 17.3 Å². The number of amides is 2. The van der Waals surface area contributed by atoms with Gasteiger partial charge in [-0.15, -0.1) is 0 Å². The first kappa shape index (κ1) is 25.1. The lowest BCUT2D eigenvalue weighted by Gasteiger charge is -2.34. The summed E-state index contributed by atoms with van der Waals surface area (Å²) < 4.78 is 6.73. The van der Waals surface area contributed by atoms with Crippen LogP contribution in [0.5, 0.6) is 5.75 Å². The number of aromatic nitrogens is 2. The Morgan fingerprint density at radius 3 is 2.47 bits per heavy atom. The molecule has 4 aromatic rings. The number of fused-ring (bicyclic) bond motifs is 1. The molecule has 5 rings (SSSR count). The molecule has 0 spiro atoms. The maximum atomic E-state index is 13.7. The summed E-state index contributed by atoms with van der Waals surface area (Å²) in [5.74, 6) is -0.377. The first-order valence-electron chi connectivity index (χ1n) is 12.0. The van der Waals surface area contributed by atoms with Crippen molar-refractivity contribution in [1.29, 1.82) is 5.26 Å². The number of halogens is 1. The van der Waals surface area contributed by atoms with Crippen molar-refractivity contribution in [2.24, 2.45) is 0 Å². The van der Waals surface area contributed by atoms with Crippen molar-refractivity contribution in [3.8, 4) is 11.8 Å². The third-order valence-corrected chi connectivity index (χ3v) is 6.75. The lowest BCUT2D eigenvalue weighted by atomic mass is 10.0. The van der Waals surface area contributed by atoms with Gasteiger partial charge in [0.2, 0.25) is 0 Å². The van der Waals surface area contributed by atoms with Crippen LogP contribution >= 0.6 is 11.6 Å². The van der Waals surface area contributed by atoms with Gasteiger partial charge in [-0.05, 0) is 66.9 Å². The number of hydrogen-bond donors (Lipinski definition) is 1. The second-order valence-electron chi connectivity index (χ2n) is 9.06. The lowest BCUT2D eigenvalue weighted by Crippen LogP contribution is -2.47. The Bertz CT molecular complexity index is 1550. The number of benzene rings is 3. The van der Waals surface area contributed by atoms with E-state index in [9.17, 15) is 14.9 Å². The predicted molar refractivity (Wildman–Crippen MR) is 145 cm³/mol. The van der Waals surface area contributed by atoms with Crippen LogP contribution in [0, 0.1) is 11.3 Å². The van der Waals surface area contributed by atoms with Crippen molar-refractivity contribution in [2.45, 2.75) is 25.9 Å². The number of rotatable bonds is 6. The smallest absolute Gasteiger partial charge is 0.277 e. The van der Waals surface area contributed by atoms with E-state index in [4.69, 9.17) is 16.3 Å². The molecule has 1 aromatic heterocycles. The minimum atomic E-state index is -0.485. The first-order valence-corrected chi connectivity index (χ1v) is 12.4. The van der Waals surface area contributed by atoms with Crippen molar-refractivity contribution < 1.29 is 14.3 Å².